The molecular formula is C10H13N5OS. The lowest BCUT2D eigenvalue weighted by Crippen LogP contribution is -2.05. The molecule has 17 heavy (non-hydrogen) atoms. The lowest BCUT2D eigenvalue weighted by molar-refractivity contribution is 0.262. The highest BCUT2D eigenvalue weighted by Crippen LogP contribution is 2.20. The van der Waals surface area contributed by atoms with Gasteiger partial charge in [0, 0.05) is 11.9 Å². The lowest BCUT2D eigenvalue weighted by Gasteiger charge is -2.04. The van der Waals surface area contributed by atoms with Gasteiger partial charge in [-0.1, -0.05) is 17.8 Å². The Hall–Kier alpha value is -1.47. The topological polar surface area (TPSA) is 76.7 Å². The van der Waals surface area contributed by atoms with Gasteiger partial charge in [-0.15, -0.1) is 5.10 Å². The third kappa shape index (κ3) is 3.01. The van der Waals surface area contributed by atoms with Gasteiger partial charge in [0.2, 0.25) is 5.16 Å². The fraction of sp³-hybridized carbons (Fsp3) is 0.400. The largest absolute Gasteiger partial charge is 0.394 e. The average molecular weight is 251 g/mol. The minimum absolute atomic E-state index is 0.0290. The van der Waals surface area contributed by atoms with Crippen LogP contribution in [0.4, 0.5) is 0 Å². The summed E-state index contributed by atoms with van der Waals surface area (Å²) in [7, 11) is 0. The Labute approximate surface area is 103 Å². The highest BCUT2D eigenvalue weighted by atomic mass is 32.2. The molecule has 7 heteroatoms. The molecule has 6 nitrogen and oxygen atoms in total. The zero-order valence-corrected chi connectivity index (χ0v) is 10.3. The Morgan fingerprint density at radius 3 is 3.12 bits per heavy atom. The summed E-state index contributed by atoms with van der Waals surface area (Å²) >= 11 is 1.51. The van der Waals surface area contributed by atoms with Crippen LogP contribution < -0.4 is 0 Å². The smallest absolute Gasteiger partial charge is 0.209 e. The van der Waals surface area contributed by atoms with E-state index in [0.717, 1.165) is 17.0 Å². The van der Waals surface area contributed by atoms with E-state index in [1.807, 2.05) is 19.1 Å². The number of hydrogen-bond acceptors (Lipinski definition) is 6. The number of hydrogen-bond donors (Lipinski definition) is 1. The second-order valence-electron chi connectivity index (χ2n) is 3.46. The molecule has 2 rings (SSSR count). The molecule has 0 aliphatic rings. The van der Waals surface area contributed by atoms with E-state index in [9.17, 15) is 0 Å². The molecule has 2 heterocycles. The molecule has 0 aliphatic heterocycles. The molecule has 90 valence electrons. The fourth-order valence-corrected chi connectivity index (χ4v) is 2.28. The Bertz CT molecular complexity index is 487. The third-order valence-corrected chi connectivity index (χ3v) is 3.24. The van der Waals surface area contributed by atoms with Crippen LogP contribution >= 0.6 is 11.8 Å². The molecular weight excluding hydrogens is 238 g/mol. The second-order valence-corrected chi connectivity index (χ2v) is 4.41. The summed E-state index contributed by atoms with van der Waals surface area (Å²) in [6.07, 6.45) is 1.78. The van der Waals surface area contributed by atoms with Crippen molar-refractivity contribution in [1.29, 1.82) is 0 Å². The number of aliphatic hydroxyl groups is 1. The van der Waals surface area contributed by atoms with E-state index >= 15 is 0 Å². The standard InChI is InChI=1S/C10H13N5OS/c1-8-3-2-4-11-9(8)7-17-10-12-13-14-15(10)5-6-16/h2-4,16H,5-7H2,1H3. The van der Waals surface area contributed by atoms with Crippen molar-refractivity contribution in [2.24, 2.45) is 0 Å². The first-order valence-electron chi connectivity index (χ1n) is 5.21. The van der Waals surface area contributed by atoms with E-state index in [1.54, 1.807) is 10.9 Å². The average Bonchev–Trinajstić information content (AvgIpc) is 2.76. The van der Waals surface area contributed by atoms with Gasteiger partial charge in [-0.2, -0.15) is 0 Å². The Morgan fingerprint density at radius 2 is 2.35 bits per heavy atom. The predicted molar refractivity (Wildman–Crippen MR) is 63.4 cm³/mol. The summed E-state index contributed by atoms with van der Waals surface area (Å²) in [4.78, 5) is 4.31. The van der Waals surface area contributed by atoms with Crippen LogP contribution in [0.5, 0.6) is 0 Å². The van der Waals surface area contributed by atoms with Crippen LogP contribution in [0.3, 0.4) is 0 Å². The monoisotopic (exact) mass is 251 g/mol. The third-order valence-electron chi connectivity index (χ3n) is 2.27. The van der Waals surface area contributed by atoms with Crippen molar-refractivity contribution in [3.05, 3.63) is 29.6 Å². The zero-order valence-electron chi connectivity index (χ0n) is 9.44. The summed E-state index contributed by atoms with van der Waals surface area (Å²) < 4.78 is 1.59. The van der Waals surface area contributed by atoms with Crippen molar-refractivity contribution < 1.29 is 5.11 Å². The van der Waals surface area contributed by atoms with E-state index in [1.165, 1.54) is 11.8 Å². The summed E-state index contributed by atoms with van der Waals surface area (Å²) in [5.74, 6) is 0.721. The number of tetrazole rings is 1. The van der Waals surface area contributed by atoms with Crippen molar-refractivity contribution in [3.63, 3.8) is 0 Å². The molecule has 0 saturated carbocycles. The Morgan fingerprint density at radius 1 is 1.47 bits per heavy atom. The van der Waals surface area contributed by atoms with Gasteiger partial charge >= 0.3 is 0 Å². The second kappa shape index (κ2) is 5.74. The first kappa shape index (κ1) is 12.0. The molecule has 0 atom stereocenters. The van der Waals surface area contributed by atoms with Crippen LogP contribution in [-0.4, -0.2) is 36.9 Å². The van der Waals surface area contributed by atoms with Crippen molar-refractivity contribution >= 4 is 11.8 Å². The summed E-state index contributed by atoms with van der Waals surface area (Å²) in [5, 5.41) is 20.8. The minimum Gasteiger partial charge on any atom is -0.394 e. The lowest BCUT2D eigenvalue weighted by atomic mass is 10.2. The first-order valence-corrected chi connectivity index (χ1v) is 6.20. The molecule has 1 N–H and O–H groups in total. The number of aryl methyl sites for hydroxylation is 1. The maximum Gasteiger partial charge on any atom is 0.209 e. The molecule has 0 spiro atoms. The highest BCUT2D eigenvalue weighted by Gasteiger charge is 2.07. The molecule has 2 aromatic heterocycles. The van der Waals surface area contributed by atoms with Gasteiger partial charge in [0.25, 0.3) is 0 Å². The fourth-order valence-electron chi connectivity index (χ4n) is 1.34. The number of aromatic nitrogens is 5. The Kier molecular flexibility index (Phi) is 4.05. The maximum absolute atomic E-state index is 8.85. The van der Waals surface area contributed by atoms with Crippen LogP contribution in [0, 0.1) is 6.92 Å². The van der Waals surface area contributed by atoms with E-state index in [2.05, 4.69) is 20.5 Å². The van der Waals surface area contributed by atoms with Crippen LogP contribution in [0.15, 0.2) is 23.5 Å². The van der Waals surface area contributed by atoms with Gasteiger partial charge in [-0.25, -0.2) is 4.68 Å². The van der Waals surface area contributed by atoms with Gasteiger partial charge in [0.15, 0.2) is 0 Å². The molecule has 0 bridgehead atoms. The van der Waals surface area contributed by atoms with Gasteiger partial charge in [-0.05, 0) is 29.0 Å². The number of nitrogens with zero attached hydrogens (tertiary/aromatic N) is 5. The van der Waals surface area contributed by atoms with Crippen LogP contribution in [0.1, 0.15) is 11.3 Å². The highest BCUT2D eigenvalue weighted by molar-refractivity contribution is 7.98. The van der Waals surface area contributed by atoms with Crippen LogP contribution in [0.25, 0.3) is 0 Å². The van der Waals surface area contributed by atoms with Crippen molar-refractivity contribution in [3.8, 4) is 0 Å². The molecule has 0 fully saturated rings. The van der Waals surface area contributed by atoms with E-state index in [0.29, 0.717) is 11.7 Å². The maximum atomic E-state index is 8.85. The van der Waals surface area contributed by atoms with Crippen LogP contribution in [0.2, 0.25) is 0 Å². The zero-order chi connectivity index (χ0) is 12.1. The van der Waals surface area contributed by atoms with Gasteiger partial charge in [-0.3, -0.25) is 4.98 Å². The van der Waals surface area contributed by atoms with Gasteiger partial charge < -0.3 is 5.11 Å². The number of aliphatic hydroxyl groups excluding tert-OH is 1. The number of pyridine rings is 1. The molecule has 0 saturated heterocycles. The summed E-state index contributed by atoms with van der Waals surface area (Å²) in [6.45, 7) is 2.47. The SMILES string of the molecule is Cc1cccnc1CSc1nnnn1CCO. The van der Waals surface area contributed by atoms with E-state index < -0.39 is 0 Å². The first-order chi connectivity index (χ1) is 8.31. The van der Waals surface area contributed by atoms with Crippen LogP contribution in [-0.2, 0) is 12.3 Å². The van der Waals surface area contributed by atoms with Gasteiger partial charge in [0.05, 0.1) is 18.8 Å². The minimum atomic E-state index is 0.0290. The van der Waals surface area contributed by atoms with Crippen molar-refractivity contribution in [2.75, 3.05) is 6.61 Å². The molecule has 2 aromatic rings. The summed E-state index contributed by atoms with van der Waals surface area (Å²) in [5.41, 5.74) is 2.18. The van der Waals surface area contributed by atoms with E-state index in [-0.39, 0.29) is 6.61 Å². The quantitative estimate of drug-likeness (QED) is 0.787. The van der Waals surface area contributed by atoms with Crippen molar-refractivity contribution in [2.45, 2.75) is 24.4 Å². The van der Waals surface area contributed by atoms with Gasteiger partial charge in [0.1, 0.15) is 0 Å². The molecule has 0 amide bonds. The number of thioether (sulfide) groups is 1. The summed E-state index contributed by atoms with van der Waals surface area (Å²) in [6, 6.07) is 3.94. The number of rotatable bonds is 5. The molecule has 0 aromatic carbocycles. The normalized spacial score (nSPS) is 10.7. The Balaban J connectivity index is 2.02. The molecule has 0 unspecified atom stereocenters. The van der Waals surface area contributed by atoms with E-state index in [4.69, 9.17) is 5.11 Å². The molecule has 0 radical (unpaired) electrons. The van der Waals surface area contributed by atoms with Crippen molar-refractivity contribution in [1.82, 2.24) is 25.2 Å². The predicted octanol–water partition coefficient (Wildman–Crippen LogP) is 0.661. The molecule has 0 aliphatic carbocycles.